The van der Waals surface area contributed by atoms with Crippen LogP contribution in [0.5, 0.6) is 0 Å². The molecule has 0 aromatic heterocycles. The third-order valence-electron chi connectivity index (χ3n) is 3.23. The summed E-state index contributed by atoms with van der Waals surface area (Å²) in [5, 5.41) is 19.2. The number of carbonyl (C=O) groups is 2. The van der Waals surface area contributed by atoms with Crippen molar-refractivity contribution in [3.05, 3.63) is 34.3 Å². The van der Waals surface area contributed by atoms with E-state index < -0.39 is 24.0 Å². The van der Waals surface area contributed by atoms with Crippen molar-refractivity contribution in [3.63, 3.8) is 0 Å². The van der Waals surface area contributed by atoms with Gasteiger partial charge in [0.25, 0.3) is 5.91 Å². The number of likely N-dealkylation sites (tertiary alicyclic amines) is 1. The van der Waals surface area contributed by atoms with E-state index in [4.69, 9.17) is 16.7 Å². The van der Waals surface area contributed by atoms with Crippen molar-refractivity contribution in [2.24, 2.45) is 0 Å². The van der Waals surface area contributed by atoms with Crippen molar-refractivity contribution in [1.29, 1.82) is 0 Å². The van der Waals surface area contributed by atoms with Crippen LogP contribution in [0.4, 0.5) is 0 Å². The lowest BCUT2D eigenvalue weighted by atomic mass is 10.1. The van der Waals surface area contributed by atoms with Gasteiger partial charge in [0.05, 0.1) is 6.10 Å². The summed E-state index contributed by atoms with van der Waals surface area (Å²) >= 11 is 5.89. The first-order valence-corrected chi connectivity index (χ1v) is 6.26. The van der Waals surface area contributed by atoms with Crippen molar-refractivity contribution < 1.29 is 19.8 Å². The average molecular weight is 284 g/mol. The number of amides is 1. The number of β-amino-alcohol motifs (C(OH)–C–C–N with tert-alkyl or cyclic N) is 1. The highest BCUT2D eigenvalue weighted by atomic mass is 35.5. The molecular formula is C13H14ClNO4. The van der Waals surface area contributed by atoms with Gasteiger partial charge in [0.1, 0.15) is 6.04 Å². The fourth-order valence-corrected chi connectivity index (χ4v) is 2.33. The Labute approximate surface area is 115 Å². The summed E-state index contributed by atoms with van der Waals surface area (Å²) in [6.45, 7) is 1.81. The molecule has 102 valence electrons. The van der Waals surface area contributed by atoms with Gasteiger partial charge in [0, 0.05) is 23.6 Å². The van der Waals surface area contributed by atoms with Crippen molar-refractivity contribution >= 4 is 23.5 Å². The van der Waals surface area contributed by atoms with E-state index in [-0.39, 0.29) is 13.0 Å². The van der Waals surface area contributed by atoms with Crippen LogP contribution in [-0.4, -0.2) is 45.7 Å². The molecule has 19 heavy (non-hydrogen) atoms. The van der Waals surface area contributed by atoms with Crippen LogP contribution >= 0.6 is 11.6 Å². The van der Waals surface area contributed by atoms with Gasteiger partial charge >= 0.3 is 5.97 Å². The molecule has 0 radical (unpaired) electrons. The van der Waals surface area contributed by atoms with E-state index in [2.05, 4.69) is 0 Å². The molecule has 1 aromatic rings. The number of nitrogens with zero attached hydrogens (tertiary/aromatic N) is 1. The third kappa shape index (κ3) is 2.72. The highest BCUT2D eigenvalue weighted by molar-refractivity contribution is 6.31. The van der Waals surface area contributed by atoms with E-state index in [1.807, 2.05) is 0 Å². The molecule has 0 unspecified atom stereocenters. The molecule has 1 aliphatic rings. The lowest BCUT2D eigenvalue weighted by Crippen LogP contribution is -2.40. The third-order valence-corrected chi connectivity index (χ3v) is 3.65. The van der Waals surface area contributed by atoms with Crippen LogP contribution in [0.1, 0.15) is 22.3 Å². The molecule has 0 aliphatic carbocycles. The molecular weight excluding hydrogens is 270 g/mol. The van der Waals surface area contributed by atoms with Gasteiger partial charge in [-0.1, -0.05) is 11.6 Å². The topological polar surface area (TPSA) is 77.8 Å². The summed E-state index contributed by atoms with van der Waals surface area (Å²) < 4.78 is 0. The van der Waals surface area contributed by atoms with Crippen molar-refractivity contribution in [1.82, 2.24) is 4.90 Å². The van der Waals surface area contributed by atoms with E-state index in [1.165, 1.54) is 4.90 Å². The fraction of sp³-hybridized carbons (Fsp3) is 0.385. The monoisotopic (exact) mass is 283 g/mol. The normalized spacial score (nSPS) is 22.6. The molecule has 0 saturated carbocycles. The second kappa shape index (κ2) is 5.19. The zero-order chi connectivity index (χ0) is 14.2. The first kappa shape index (κ1) is 13.8. The van der Waals surface area contributed by atoms with Gasteiger partial charge in [-0.15, -0.1) is 0 Å². The molecule has 1 heterocycles. The number of carbonyl (C=O) groups excluding carboxylic acids is 1. The van der Waals surface area contributed by atoms with Gasteiger partial charge in [-0.25, -0.2) is 4.79 Å². The molecule has 0 bridgehead atoms. The van der Waals surface area contributed by atoms with Crippen LogP contribution in [0.25, 0.3) is 0 Å². The summed E-state index contributed by atoms with van der Waals surface area (Å²) in [5.74, 6) is -1.50. The van der Waals surface area contributed by atoms with Crippen LogP contribution in [-0.2, 0) is 4.79 Å². The van der Waals surface area contributed by atoms with Gasteiger partial charge in [0.2, 0.25) is 0 Å². The Morgan fingerprint density at radius 3 is 2.68 bits per heavy atom. The van der Waals surface area contributed by atoms with Crippen molar-refractivity contribution in [2.75, 3.05) is 6.54 Å². The zero-order valence-corrected chi connectivity index (χ0v) is 11.1. The van der Waals surface area contributed by atoms with Crippen LogP contribution in [0.3, 0.4) is 0 Å². The van der Waals surface area contributed by atoms with E-state index >= 15 is 0 Å². The predicted molar refractivity (Wildman–Crippen MR) is 69.3 cm³/mol. The quantitative estimate of drug-likeness (QED) is 0.858. The van der Waals surface area contributed by atoms with Crippen LogP contribution in [0, 0.1) is 6.92 Å². The van der Waals surface area contributed by atoms with Crippen LogP contribution < -0.4 is 0 Å². The molecule has 1 saturated heterocycles. The number of aliphatic hydroxyl groups excluding tert-OH is 1. The number of aliphatic hydroxyl groups is 1. The van der Waals surface area contributed by atoms with Crippen LogP contribution in [0.2, 0.25) is 5.02 Å². The number of aliphatic carboxylic acids is 1. The van der Waals surface area contributed by atoms with E-state index in [0.717, 1.165) is 5.56 Å². The number of benzene rings is 1. The van der Waals surface area contributed by atoms with E-state index in [1.54, 1.807) is 25.1 Å². The van der Waals surface area contributed by atoms with E-state index in [9.17, 15) is 14.7 Å². The Hall–Kier alpha value is -1.59. The Morgan fingerprint density at radius 1 is 1.42 bits per heavy atom. The largest absolute Gasteiger partial charge is 0.480 e. The SMILES string of the molecule is Cc1cc(C(=O)N2C[C@H](O)C[C@H]2C(=O)O)ccc1Cl. The highest BCUT2D eigenvalue weighted by Gasteiger charge is 2.39. The number of hydrogen-bond donors (Lipinski definition) is 2. The predicted octanol–water partition coefficient (Wildman–Crippen LogP) is 1.31. The number of halogens is 1. The zero-order valence-electron chi connectivity index (χ0n) is 10.3. The summed E-state index contributed by atoms with van der Waals surface area (Å²) in [4.78, 5) is 24.6. The lowest BCUT2D eigenvalue weighted by Gasteiger charge is -2.21. The average Bonchev–Trinajstić information content (AvgIpc) is 2.74. The van der Waals surface area contributed by atoms with Gasteiger partial charge in [-0.05, 0) is 30.7 Å². The lowest BCUT2D eigenvalue weighted by molar-refractivity contribution is -0.141. The minimum Gasteiger partial charge on any atom is -0.480 e. The number of carboxylic acid groups (broad SMARTS) is 1. The molecule has 1 fully saturated rings. The first-order chi connectivity index (χ1) is 8.90. The van der Waals surface area contributed by atoms with Gasteiger partial charge < -0.3 is 15.1 Å². The maximum Gasteiger partial charge on any atom is 0.326 e. The number of aryl methyl sites for hydroxylation is 1. The summed E-state index contributed by atoms with van der Waals surface area (Å²) in [5.41, 5.74) is 1.13. The van der Waals surface area contributed by atoms with Gasteiger partial charge in [-0.3, -0.25) is 4.79 Å². The van der Waals surface area contributed by atoms with Crippen molar-refractivity contribution in [2.45, 2.75) is 25.5 Å². The second-order valence-electron chi connectivity index (χ2n) is 4.67. The Bertz CT molecular complexity index is 531. The molecule has 1 aromatic carbocycles. The number of carboxylic acids is 1. The molecule has 0 spiro atoms. The highest BCUT2D eigenvalue weighted by Crippen LogP contribution is 2.23. The summed E-state index contributed by atoms with van der Waals surface area (Å²) in [7, 11) is 0. The minimum absolute atomic E-state index is 0.0392. The standard InChI is InChI=1S/C13H14ClNO4/c1-7-4-8(2-3-10(7)14)12(17)15-6-9(16)5-11(15)13(18)19/h2-4,9,11,16H,5-6H2,1H3,(H,18,19)/t9-,11+/m1/s1. The minimum atomic E-state index is -1.10. The number of rotatable bonds is 2. The molecule has 2 atom stereocenters. The smallest absolute Gasteiger partial charge is 0.326 e. The van der Waals surface area contributed by atoms with E-state index in [0.29, 0.717) is 10.6 Å². The Balaban J connectivity index is 2.27. The summed E-state index contributed by atoms with van der Waals surface area (Å²) in [6.07, 6.45) is -0.730. The maximum absolute atomic E-state index is 12.3. The van der Waals surface area contributed by atoms with Gasteiger partial charge in [0.15, 0.2) is 0 Å². The molecule has 1 aliphatic heterocycles. The Kier molecular flexibility index (Phi) is 3.78. The maximum atomic E-state index is 12.3. The first-order valence-electron chi connectivity index (χ1n) is 5.88. The van der Waals surface area contributed by atoms with Crippen molar-refractivity contribution in [3.8, 4) is 0 Å². The molecule has 2 rings (SSSR count). The fourth-order valence-electron chi connectivity index (χ4n) is 2.22. The van der Waals surface area contributed by atoms with Gasteiger partial charge in [-0.2, -0.15) is 0 Å². The van der Waals surface area contributed by atoms with Crippen LogP contribution in [0.15, 0.2) is 18.2 Å². The molecule has 2 N–H and O–H groups in total. The Morgan fingerprint density at radius 2 is 2.11 bits per heavy atom. The second-order valence-corrected chi connectivity index (χ2v) is 5.07. The molecule has 1 amide bonds. The summed E-state index contributed by atoms with van der Waals surface area (Å²) in [6, 6.07) is 3.81. The molecule has 5 nitrogen and oxygen atoms in total. The molecule has 6 heteroatoms. The number of hydrogen-bond acceptors (Lipinski definition) is 3.